The van der Waals surface area contributed by atoms with Crippen LogP contribution in [0.5, 0.6) is 0 Å². The normalized spacial score (nSPS) is 11.5. The zero-order chi connectivity index (χ0) is 17.3. The number of carbonyl (C=O) groups excluding carboxylic acids is 1. The Hall–Kier alpha value is -3.17. The molecule has 0 aliphatic rings. The zero-order valence-electron chi connectivity index (χ0n) is 12.3. The Kier molecular flexibility index (Phi) is 3.80. The minimum Gasteiger partial charge on any atom is -0.289 e. The van der Waals surface area contributed by atoms with E-state index in [4.69, 9.17) is 0 Å². The lowest BCUT2D eigenvalue weighted by atomic mass is 10.2. The van der Waals surface area contributed by atoms with E-state index in [9.17, 15) is 18.0 Å². The summed E-state index contributed by atoms with van der Waals surface area (Å²) in [6.45, 7) is 1.68. The van der Waals surface area contributed by atoms with Gasteiger partial charge in [0.05, 0.1) is 5.69 Å². The summed E-state index contributed by atoms with van der Waals surface area (Å²) in [5, 5.41) is 12.3. The highest BCUT2D eigenvalue weighted by Gasteiger charge is 2.33. The van der Waals surface area contributed by atoms with Crippen molar-refractivity contribution in [2.24, 2.45) is 0 Å². The summed E-state index contributed by atoms with van der Waals surface area (Å²) < 4.78 is 38.9. The molecule has 2 aromatic heterocycles. The Morgan fingerprint density at radius 3 is 2.71 bits per heavy atom. The largest absolute Gasteiger partial charge is 0.435 e. The molecule has 0 radical (unpaired) electrons. The molecule has 0 bridgehead atoms. The van der Waals surface area contributed by atoms with E-state index in [1.807, 2.05) is 0 Å². The van der Waals surface area contributed by atoms with Crippen LogP contribution in [0, 0.1) is 6.92 Å². The number of alkyl halides is 3. The summed E-state index contributed by atoms with van der Waals surface area (Å²) >= 11 is 0. The van der Waals surface area contributed by atoms with Crippen LogP contribution < -0.4 is 5.32 Å². The molecule has 0 unspecified atom stereocenters. The maximum absolute atomic E-state index is 12.6. The highest BCUT2D eigenvalue weighted by atomic mass is 19.4. The van der Waals surface area contributed by atoms with Gasteiger partial charge in [0.2, 0.25) is 5.95 Å². The number of halogens is 3. The highest BCUT2D eigenvalue weighted by Crippen LogP contribution is 2.27. The molecular formula is C14H11F3N6O. The van der Waals surface area contributed by atoms with Gasteiger partial charge in [-0.2, -0.15) is 23.3 Å². The molecule has 0 spiro atoms. The number of aromatic nitrogens is 5. The minimum absolute atomic E-state index is 0.112. The number of nitrogens with zero attached hydrogens (tertiary/aromatic N) is 4. The summed E-state index contributed by atoms with van der Waals surface area (Å²) in [6.07, 6.45) is -3.35. The predicted octanol–water partition coefficient (Wildman–Crippen LogP) is 2.57. The average molecular weight is 336 g/mol. The molecule has 0 aliphatic carbocycles. The lowest BCUT2D eigenvalue weighted by Crippen LogP contribution is -2.13. The van der Waals surface area contributed by atoms with Crippen molar-refractivity contribution in [3.63, 3.8) is 0 Å². The molecule has 0 saturated heterocycles. The molecule has 0 saturated carbocycles. The average Bonchev–Trinajstić information content (AvgIpc) is 3.16. The fourth-order valence-corrected chi connectivity index (χ4v) is 1.98. The van der Waals surface area contributed by atoms with Gasteiger partial charge in [0.25, 0.3) is 5.91 Å². The van der Waals surface area contributed by atoms with Gasteiger partial charge in [-0.1, -0.05) is 6.07 Å². The third-order valence-corrected chi connectivity index (χ3v) is 3.07. The Labute approximate surface area is 133 Å². The second-order valence-corrected chi connectivity index (χ2v) is 4.89. The van der Waals surface area contributed by atoms with Crippen LogP contribution in [0.1, 0.15) is 21.9 Å². The molecule has 1 aromatic carbocycles. The predicted molar refractivity (Wildman–Crippen MR) is 77.6 cm³/mol. The Morgan fingerprint density at radius 1 is 1.29 bits per heavy atom. The Bertz CT molecular complexity index is 883. The Morgan fingerprint density at radius 2 is 2.08 bits per heavy atom. The number of H-pyrrole nitrogens is 1. The van der Waals surface area contributed by atoms with E-state index < -0.39 is 17.8 Å². The molecule has 7 nitrogen and oxygen atoms in total. The molecule has 0 atom stereocenters. The number of hydrogen-bond donors (Lipinski definition) is 2. The van der Waals surface area contributed by atoms with Crippen LogP contribution in [0.4, 0.5) is 19.1 Å². The molecule has 2 heterocycles. The van der Waals surface area contributed by atoms with Crippen LogP contribution in [-0.2, 0) is 6.18 Å². The van der Waals surface area contributed by atoms with Crippen molar-refractivity contribution < 1.29 is 18.0 Å². The van der Waals surface area contributed by atoms with Crippen LogP contribution in [0.2, 0.25) is 0 Å². The molecule has 3 aromatic rings. The van der Waals surface area contributed by atoms with Crippen LogP contribution >= 0.6 is 0 Å². The monoisotopic (exact) mass is 336 g/mol. The summed E-state index contributed by atoms with van der Waals surface area (Å²) in [6, 6.07) is 6.89. The van der Waals surface area contributed by atoms with Gasteiger partial charge in [0.1, 0.15) is 5.82 Å². The van der Waals surface area contributed by atoms with E-state index in [0.29, 0.717) is 11.5 Å². The molecule has 1 amide bonds. The number of nitrogens with one attached hydrogen (secondary N) is 2. The number of benzene rings is 1. The van der Waals surface area contributed by atoms with Gasteiger partial charge in [-0.15, -0.1) is 5.10 Å². The quantitative estimate of drug-likeness (QED) is 0.769. The highest BCUT2D eigenvalue weighted by molar-refractivity contribution is 6.03. The minimum atomic E-state index is -4.52. The van der Waals surface area contributed by atoms with Crippen molar-refractivity contribution in [1.29, 1.82) is 0 Å². The van der Waals surface area contributed by atoms with E-state index in [1.165, 1.54) is 18.3 Å². The molecule has 124 valence electrons. The molecule has 0 aliphatic heterocycles. The lowest BCUT2D eigenvalue weighted by Gasteiger charge is -2.06. The van der Waals surface area contributed by atoms with E-state index in [-0.39, 0.29) is 11.5 Å². The number of rotatable bonds is 3. The summed E-state index contributed by atoms with van der Waals surface area (Å²) in [5.41, 5.74) is -0.447. The maximum atomic E-state index is 12.6. The van der Waals surface area contributed by atoms with Gasteiger partial charge in [-0.25, -0.2) is 4.68 Å². The fraction of sp³-hybridized carbons (Fsp3) is 0.143. The van der Waals surface area contributed by atoms with Crippen LogP contribution in [-0.4, -0.2) is 30.9 Å². The number of anilines is 1. The first-order valence-electron chi connectivity index (χ1n) is 6.76. The molecule has 0 fully saturated rings. The van der Waals surface area contributed by atoms with Crippen molar-refractivity contribution in [1.82, 2.24) is 25.0 Å². The lowest BCUT2D eigenvalue weighted by molar-refractivity contribution is -0.141. The van der Waals surface area contributed by atoms with Gasteiger partial charge < -0.3 is 0 Å². The second kappa shape index (κ2) is 5.80. The standard InChI is InChI=1S/C14H11F3N6O/c1-8-18-13(21-20-8)19-12(24)9-3-2-4-10(7-9)23-6-5-11(22-23)14(15,16)17/h2-7H,1H3,(H2,18,19,20,21,24). The van der Waals surface area contributed by atoms with Crippen LogP contribution in [0.25, 0.3) is 5.69 Å². The van der Waals surface area contributed by atoms with Crippen molar-refractivity contribution in [2.45, 2.75) is 13.1 Å². The van der Waals surface area contributed by atoms with Gasteiger partial charge in [0.15, 0.2) is 5.69 Å². The molecule has 3 rings (SSSR count). The first-order valence-corrected chi connectivity index (χ1v) is 6.76. The molecule has 24 heavy (non-hydrogen) atoms. The summed E-state index contributed by atoms with van der Waals surface area (Å²) in [4.78, 5) is 16.1. The van der Waals surface area contributed by atoms with Crippen LogP contribution in [0.3, 0.4) is 0 Å². The SMILES string of the molecule is Cc1nc(NC(=O)c2cccc(-n3ccc(C(F)(F)F)n3)c2)n[nH]1. The van der Waals surface area contributed by atoms with E-state index >= 15 is 0 Å². The number of amides is 1. The number of aryl methyl sites for hydroxylation is 1. The number of carbonyl (C=O) groups is 1. The van der Waals surface area contributed by atoms with E-state index in [1.54, 1.807) is 19.1 Å². The maximum Gasteiger partial charge on any atom is 0.435 e. The smallest absolute Gasteiger partial charge is 0.289 e. The van der Waals surface area contributed by atoms with E-state index in [0.717, 1.165) is 10.7 Å². The zero-order valence-corrected chi connectivity index (χ0v) is 12.3. The third-order valence-electron chi connectivity index (χ3n) is 3.07. The number of hydrogen-bond acceptors (Lipinski definition) is 4. The first kappa shape index (κ1) is 15.7. The van der Waals surface area contributed by atoms with Gasteiger partial charge in [-0.05, 0) is 31.2 Å². The first-order chi connectivity index (χ1) is 11.3. The summed E-state index contributed by atoms with van der Waals surface area (Å²) in [5.74, 6) is 0.163. The van der Waals surface area contributed by atoms with Crippen molar-refractivity contribution in [3.05, 3.63) is 53.6 Å². The van der Waals surface area contributed by atoms with Crippen molar-refractivity contribution in [3.8, 4) is 5.69 Å². The molecule has 2 N–H and O–H groups in total. The fourth-order valence-electron chi connectivity index (χ4n) is 1.98. The van der Waals surface area contributed by atoms with E-state index in [2.05, 4.69) is 25.6 Å². The van der Waals surface area contributed by atoms with Crippen molar-refractivity contribution >= 4 is 11.9 Å². The summed E-state index contributed by atoms with van der Waals surface area (Å²) in [7, 11) is 0. The Balaban J connectivity index is 1.83. The molecule has 10 heteroatoms. The second-order valence-electron chi connectivity index (χ2n) is 4.89. The van der Waals surface area contributed by atoms with Gasteiger partial charge in [-0.3, -0.25) is 15.2 Å². The molecular weight excluding hydrogens is 325 g/mol. The topological polar surface area (TPSA) is 88.5 Å². The van der Waals surface area contributed by atoms with Gasteiger partial charge >= 0.3 is 6.18 Å². The number of aromatic amines is 1. The van der Waals surface area contributed by atoms with Crippen molar-refractivity contribution in [2.75, 3.05) is 5.32 Å². The third kappa shape index (κ3) is 3.26. The van der Waals surface area contributed by atoms with Crippen LogP contribution in [0.15, 0.2) is 36.5 Å². The van der Waals surface area contributed by atoms with Gasteiger partial charge in [0, 0.05) is 11.8 Å².